The third-order valence-corrected chi connectivity index (χ3v) is 4.06. The van der Waals surface area contributed by atoms with Gasteiger partial charge >= 0.3 is 5.97 Å². The van der Waals surface area contributed by atoms with Gasteiger partial charge in [-0.2, -0.15) is 0 Å². The molecule has 1 aromatic carbocycles. The third-order valence-electron chi connectivity index (χ3n) is 4.06. The van der Waals surface area contributed by atoms with Crippen LogP contribution in [-0.4, -0.2) is 29.1 Å². The zero-order valence-corrected chi connectivity index (χ0v) is 12.4. The molecular formula is C17H22FNO2. The molecule has 0 spiro atoms. The summed E-state index contributed by atoms with van der Waals surface area (Å²) < 4.78 is 13.7. The van der Waals surface area contributed by atoms with Gasteiger partial charge in [-0.1, -0.05) is 19.4 Å². The number of hydrogen-bond acceptors (Lipinski definition) is 2. The second-order valence-electron chi connectivity index (χ2n) is 5.65. The van der Waals surface area contributed by atoms with Gasteiger partial charge in [0.2, 0.25) is 0 Å². The number of carboxylic acids is 1. The molecule has 1 fully saturated rings. The fourth-order valence-electron chi connectivity index (χ4n) is 2.58. The van der Waals surface area contributed by atoms with Crippen LogP contribution in [0.1, 0.15) is 37.3 Å². The normalized spacial score (nSPS) is 15.6. The summed E-state index contributed by atoms with van der Waals surface area (Å²) in [6, 6.07) is 4.92. The van der Waals surface area contributed by atoms with E-state index in [2.05, 4.69) is 11.8 Å². The molecular weight excluding hydrogens is 269 g/mol. The maximum atomic E-state index is 13.7. The number of aliphatic carboxylic acids is 1. The first kappa shape index (κ1) is 15.7. The summed E-state index contributed by atoms with van der Waals surface area (Å²) >= 11 is 0. The number of nitrogens with zero attached hydrogens (tertiary/aromatic N) is 1. The number of halogens is 1. The van der Waals surface area contributed by atoms with Crippen molar-refractivity contribution in [3.8, 4) is 0 Å². The standard InChI is InChI=1S/C17H22FNO2/c1-2-19(11-13-4-3-5-13)12-14-6-8-16(18)15(10-14)7-9-17(20)21/h6-10,13H,2-5,11-12H2,1H3,(H,20,21)/b9-7+. The van der Waals surface area contributed by atoms with Crippen molar-refractivity contribution in [2.75, 3.05) is 13.1 Å². The minimum Gasteiger partial charge on any atom is -0.478 e. The van der Waals surface area contributed by atoms with Crippen molar-refractivity contribution in [1.29, 1.82) is 0 Å². The Kier molecular flexibility index (Phi) is 5.51. The number of rotatable bonds is 7. The Morgan fingerprint density at radius 3 is 2.81 bits per heavy atom. The molecule has 21 heavy (non-hydrogen) atoms. The average molecular weight is 291 g/mol. The third kappa shape index (κ3) is 4.67. The van der Waals surface area contributed by atoms with E-state index < -0.39 is 11.8 Å². The van der Waals surface area contributed by atoms with E-state index in [0.29, 0.717) is 5.56 Å². The highest BCUT2D eigenvalue weighted by Crippen LogP contribution is 2.27. The monoisotopic (exact) mass is 291 g/mol. The molecule has 1 N–H and O–H groups in total. The molecule has 0 saturated heterocycles. The summed E-state index contributed by atoms with van der Waals surface area (Å²) in [5.41, 5.74) is 1.34. The quantitative estimate of drug-likeness (QED) is 0.781. The summed E-state index contributed by atoms with van der Waals surface area (Å²) in [5.74, 6) is -0.657. The van der Waals surface area contributed by atoms with Crippen LogP contribution in [0, 0.1) is 11.7 Å². The number of benzene rings is 1. The second kappa shape index (κ2) is 7.36. The minimum absolute atomic E-state index is 0.328. The van der Waals surface area contributed by atoms with Crippen LogP contribution >= 0.6 is 0 Å². The molecule has 0 atom stereocenters. The van der Waals surface area contributed by atoms with E-state index in [9.17, 15) is 9.18 Å². The number of carbonyl (C=O) groups is 1. The lowest BCUT2D eigenvalue weighted by atomic mass is 9.85. The van der Waals surface area contributed by atoms with Crippen molar-refractivity contribution in [2.24, 2.45) is 5.92 Å². The summed E-state index contributed by atoms with van der Waals surface area (Å²) in [5, 5.41) is 8.63. The van der Waals surface area contributed by atoms with Gasteiger partial charge in [-0.25, -0.2) is 9.18 Å². The van der Waals surface area contributed by atoms with Crippen molar-refractivity contribution < 1.29 is 14.3 Å². The first-order valence-electron chi connectivity index (χ1n) is 7.50. The van der Waals surface area contributed by atoms with Gasteiger partial charge in [-0.05, 0) is 49.1 Å². The van der Waals surface area contributed by atoms with E-state index in [-0.39, 0.29) is 0 Å². The molecule has 0 radical (unpaired) electrons. The Balaban J connectivity index is 2.04. The van der Waals surface area contributed by atoms with E-state index in [0.717, 1.165) is 37.2 Å². The van der Waals surface area contributed by atoms with Gasteiger partial charge in [0.05, 0.1) is 0 Å². The minimum atomic E-state index is -1.07. The average Bonchev–Trinajstić information content (AvgIpc) is 2.41. The summed E-state index contributed by atoms with van der Waals surface area (Å²) in [7, 11) is 0. The molecule has 1 aliphatic carbocycles. The van der Waals surface area contributed by atoms with Gasteiger partial charge in [-0.3, -0.25) is 4.90 Å². The number of carboxylic acid groups (broad SMARTS) is 1. The van der Waals surface area contributed by atoms with Crippen molar-refractivity contribution in [3.05, 3.63) is 41.2 Å². The number of hydrogen-bond donors (Lipinski definition) is 1. The van der Waals surface area contributed by atoms with Crippen molar-refractivity contribution in [2.45, 2.75) is 32.7 Å². The molecule has 114 valence electrons. The van der Waals surface area contributed by atoms with E-state index >= 15 is 0 Å². The van der Waals surface area contributed by atoms with Gasteiger partial charge in [-0.15, -0.1) is 0 Å². The first-order valence-corrected chi connectivity index (χ1v) is 7.50. The highest BCUT2D eigenvalue weighted by atomic mass is 19.1. The topological polar surface area (TPSA) is 40.5 Å². The van der Waals surface area contributed by atoms with Gasteiger partial charge in [0.25, 0.3) is 0 Å². The molecule has 0 heterocycles. The molecule has 0 aromatic heterocycles. The SMILES string of the molecule is CCN(Cc1ccc(F)c(/C=C/C(=O)O)c1)CC1CCC1. The van der Waals surface area contributed by atoms with Crippen molar-refractivity contribution >= 4 is 12.0 Å². The van der Waals surface area contributed by atoms with Crippen LogP contribution in [0.3, 0.4) is 0 Å². The molecule has 1 saturated carbocycles. The molecule has 0 amide bonds. The summed E-state index contributed by atoms with van der Waals surface area (Å²) in [4.78, 5) is 12.9. The van der Waals surface area contributed by atoms with E-state index in [1.54, 1.807) is 12.1 Å². The van der Waals surface area contributed by atoms with Crippen molar-refractivity contribution in [3.63, 3.8) is 0 Å². The lowest BCUT2D eigenvalue weighted by Gasteiger charge is -2.31. The van der Waals surface area contributed by atoms with Crippen LogP contribution in [-0.2, 0) is 11.3 Å². The largest absolute Gasteiger partial charge is 0.478 e. The zero-order valence-electron chi connectivity index (χ0n) is 12.4. The fraction of sp³-hybridized carbons (Fsp3) is 0.471. The Morgan fingerprint density at radius 1 is 1.48 bits per heavy atom. The first-order chi connectivity index (χ1) is 10.1. The molecule has 1 aliphatic rings. The van der Waals surface area contributed by atoms with Gasteiger partial charge in [0.1, 0.15) is 5.82 Å². The van der Waals surface area contributed by atoms with Gasteiger partial charge < -0.3 is 5.11 Å². The molecule has 0 unspecified atom stereocenters. The zero-order chi connectivity index (χ0) is 15.2. The van der Waals surface area contributed by atoms with Crippen LogP contribution < -0.4 is 0 Å². The van der Waals surface area contributed by atoms with E-state index in [1.807, 2.05) is 0 Å². The molecule has 4 heteroatoms. The van der Waals surface area contributed by atoms with Crippen LogP contribution in [0.15, 0.2) is 24.3 Å². The smallest absolute Gasteiger partial charge is 0.328 e. The lowest BCUT2D eigenvalue weighted by molar-refractivity contribution is -0.131. The Morgan fingerprint density at radius 2 is 2.24 bits per heavy atom. The van der Waals surface area contributed by atoms with Gasteiger partial charge in [0, 0.05) is 24.7 Å². The van der Waals surface area contributed by atoms with Crippen LogP contribution in [0.2, 0.25) is 0 Å². The molecule has 0 aliphatic heterocycles. The Hall–Kier alpha value is -1.68. The lowest BCUT2D eigenvalue weighted by Crippen LogP contribution is -2.32. The highest BCUT2D eigenvalue weighted by molar-refractivity contribution is 5.85. The maximum absolute atomic E-state index is 13.7. The van der Waals surface area contributed by atoms with Crippen LogP contribution in [0.25, 0.3) is 6.08 Å². The predicted octanol–water partition coefficient (Wildman–Crippen LogP) is 3.55. The predicted molar refractivity (Wildman–Crippen MR) is 81.4 cm³/mol. The molecule has 0 bridgehead atoms. The molecule has 2 rings (SSSR count). The second-order valence-corrected chi connectivity index (χ2v) is 5.65. The van der Waals surface area contributed by atoms with Gasteiger partial charge in [0.15, 0.2) is 0 Å². The van der Waals surface area contributed by atoms with Crippen LogP contribution in [0.5, 0.6) is 0 Å². The summed E-state index contributed by atoms with van der Waals surface area (Å²) in [6.07, 6.45) is 6.24. The Labute approximate surface area is 125 Å². The maximum Gasteiger partial charge on any atom is 0.328 e. The van der Waals surface area contributed by atoms with E-state index in [4.69, 9.17) is 5.11 Å². The molecule has 1 aromatic rings. The molecule has 3 nitrogen and oxygen atoms in total. The van der Waals surface area contributed by atoms with Crippen molar-refractivity contribution in [1.82, 2.24) is 4.90 Å². The van der Waals surface area contributed by atoms with Crippen LogP contribution in [0.4, 0.5) is 4.39 Å². The fourth-order valence-corrected chi connectivity index (χ4v) is 2.58. The highest BCUT2D eigenvalue weighted by Gasteiger charge is 2.20. The Bertz CT molecular complexity index is 524. The van der Waals surface area contributed by atoms with E-state index in [1.165, 1.54) is 31.4 Å². The summed E-state index contributed by atoms with van der Waals surface area (Å²) in [6.45, 7) is 4.97.